The van der Waals surface area contributed by atoms with Crippen LogP contribution in [0, 0.1) is 0 Å². The van der Waals surface area contributed by atoms with Gasteiger partial charge >= 0.3 is 0 Å². The maximum Gasteiger partial charge on any atom is 0.122 e. The summed E-state index contributed by atoms with van der Waals surface area (Å²) in [5, 5.41) is 3.81. The van der Waals surface area contributed by atoms with Gasteiger partial charge in [0.1, 0.15) is 5.75 Å². The molecule has 0 spiro atoms. The van der Waals surface area contributed by atoms with Gasteiger partial charge in [-0.2, -0.15) is 0 Å². The topological polar surface area (TPSA) is 27.7 Å². The quantitative estimate of drug-likeness (QED) is 0.739. The summed E-state index contributed by atoms with van der Waals surface area (Å²) in [5.74, 6) is 1.06. The van der Waals surface area contributed by atoms with E-state index in [2.05, 4.69) is 63.6 Å². The number of ether oxygens (including phenoxy) is 1. The number of hydrogen-bond donors (Lipinski definition) is 1. The molecule has 0 saturated carbocycles. The first kappa shape index (κ1) is 19.3. The van der Waals surface area contributed by atoms with E-state index in [4.69, 9.17) is 4.74 Å². The SMILES string of the molecule is COc1cccc2c1CCCC2NCCCN1CCN(c2ccccc2)CC1. The number of nitrogens with zero attached hydrogens (tertiary/aromatic N) is 2. The first-order valence-corrected chi connectivity index (χ1v) is 10.8. The van der Waals surface area contributed by atoms with Crippen molar-refractivity contribution in [2.24, 2.45) is 0 Å². The normalized spacial score (nSPS) is 20.0. The number of rotatable bonds is 7. The Morgan fingerprint density at radius 3 is 2.61 bits per heavy atom. The zero-order valence-electron chi connectivity index (χ0n) is 17.1. The van der Waals surface area contributed by atoms with E-state index in [1.54, 1.807) is 7.11 Å². The third-order valence-corrected chi connectivity index (χ3v) is 6.22. The van der Waals surface area contributed by atoms with E-state index in [1.165, 1.54) is 55.7 Å². The van der Waals surface area contributed by atoms with Gasteiger partial charge in [0.15, 0.2) is 0 Å². The Morgan fingerprint density at radius 2 is 1.82 bits per heavy atom. The second-order valence-corrected chi connectivity index (χ2v) is 7.94. The predicted molar refractivity (Wildman–Crippen MR) is 116 cm³/mol. The fourth-order valence-corrected chi connectivity index (χ4v) is 4.67. The number of methoxy groups -OCH3 is 1. The summed E-state index contributed by atoms with van der Waals surface area (Å²) in [6.07, 6.45) is 4.83. The second-order valence-electron chi connectivity index (χ2n) is 7.94. The number of anilines is 1. The zero-order valence-corrected chi connectivity index (χ0v) is 17.1. The minimum atomic E-state index is 0.480. The predicted octanol–water partition coefficient (Wildman–Crippen LogP) is 3.87. The Balaban J connectivity index is 1.20. The zero-order chi connectivity index (χ0) is 19.2. The molecule has 4 heteroatoms. The summed E-state index contributed by atoms with van der Waals surface area (Å²) < 4.78 is 5.57. The van der Waals surface area contributed by atoms with Gasteiger partial charge in [0.2, 0.25) is 0 Å². The number of hydrogen-bond acceptors (Lipinski definition) is 4. The van der Waals surface area contributed by atoms with Crippen LogP contribution in [-0.2, 0) is 6.42 Å². The molecule has 2 aromatic carbocycles. The molecule has 4 rings (SSSR count). The lowest BCUT2D eigenvalue weighted by atomic mass is 9.87. The third-order valence-electron chi connectivity index (χ3n) is 6.22. The lowest BCUT2D eigenvalue weighted by molar-refractivity contribution is 0.252. The fraction of sp³-hybridized carbons (Fsp3) is 0.500. The summed E-state index contributed by atoms with van der Waals surface area (Å²) in [4.78, 5) is 5.11. The average Bonchev–Trinajstić information content (AvgIpc) is 2.77. The number of para-hydroxylation sites is 1. The molecule has 1 atom stereocenters. The third kappa shape index (κ3) is 4.50. The molecule has 4 nitrogen and oxygen atoms in total. The Kier molecular flexibility index (Phi) is 6.50. The maximum absolute atomic E-state index is 5.57. The van der Waals surface area contributed by atoms with Gasteiger partial charge < -0.3 is 15.0 Å². The molecule has 1 fully saturated rings. The molecule has 1 unspecified atom stereocenters. The number of fused-ring (bicyclic) bond motifs is 1. The Hall–Kier alpha value is -2.04. The van der Waals surface area contributed by atoms with Crippen molar-refractivity contribution in [1.29, 1.82) is 0 Å². The van der Waals surface area contributed by atoms with Crippen molar-refractivity contribution in [2.75, 3.05) is 51.3 Å². The first-order chi connectivity index (χ1) is 13.8. The van der Waals surface area contributed by atoms with Crippen molar-refractivity contribution < 1.29 is 4.74 Å². The molecular formula is C24H33N3O. The van der Waals surface area contributed by atoms with E-state index < -0.39 is 0 Å². The van der Waals surface area contributed by atoms with Gasteiger partial charge in [0.25, 0.3) is 0 Å². The van der Waals surface area contributed by atoms with Crippen LogP contribution in [0.5, 0.6) is 5.75 Å². The average molecular weight is 380 g/mol. The van der Waals surface area contributed by atoms with Crippen LogP contribution in [0.2, 0.25) is 0 Å². The highest BCUT2D eigenvalue weighted by Gasteiger charge is 2.22. The molecular weight excluding hydrogens is 346 g/mol. The van der Waals surface area contributed by atoms with Crippen molar-refractivity contribution in [3.63, 3.8) is 0 Å². The van der Waals surface area contributed by atoms with Crippen molar-refractivity contribution in [2.45, 2.75) is 31.7 Å². The molecule has 0 aromatic heterocycles. The molecule has 2 aromatic rings. The minimum absolute atomic E-state index is 0.480. The van der Waals surface area contributed by atoms with Crippen molar-refractivity contribution >= 4 is 5.69 Å². The van der Waals surface area contributed by atoms with E-state index in [0.717, 1.165) is 31.8 Å². The van der Waals surface area contributed by atoms with Gasteiger partial charge in [0.05, 0.1) is 7.11 Å². The standard InChI is InChI=1S/C24H33N3O/c1-28-24-13-6-10-21-22(24)11-5-12-23(21)25-14-7-15-26-16-18-27(19-17-26)20-8-3-2-4-9-20/h2-4,6,8-10,13,23,25H,5,7,11-12,14-19H2,1H3. The van der Waals surface area contributed by atoms with Crippen LogP contribution in [0.25, 0.3) is 0 Å². The van der Waals surface area contributed by atoms with Crippen LogP contribution in [-0.4, -0.2) is 51.3 Å². The van der Waals surface area contributed by atoms with Gasteiger partial charge in [0, 0.05) is 37.9 Å². The van der Waals surface area contributed by atoms with E-state index in [1.807, 2.05) is 0 Å². The lowest BCUT2D eigenvalue weighted by Gasteiger charge is -2.36. The highest BCUT2D eigenvalue weighted by molar-refractivity contribution is 5.46. The largest absolute Gasteiger partial charge is 0.496 e. The van der Waals surface area contributed by atoms with Crippen LogP contribution in [0.3, 0.4) is 0 Å². The molecule has 1 N–H and O–H groups in total. The molecule has 28 heavy (non-hydrogen) atoms. The fourth-order valence-electron chi connectivity index (χ4n) is 4.67. The molecule has 150 valence electrons. The maximum atomic E-state index is 5.57. The van der Waals surface area contributed by atoms with Crippen molar-refractivity contribution in [3.8, 4) is 5.75 Å². The molecule has 2 aliphatic rings. The molecule has 1 aliphatic heterocycles. The monoisotopic (exact) mass is 379 g/mol. The summed E-state index contributed by atoms with van der Waals surface area (Å²) in [5.41, 5.74) is 4.21. The van der Waals surface area contributed by atoms with Crippen LogP contribution in [0.1, 0.15) is 36.4 Å². The Morgan fingerprint density at radius 1 is 1.00 bits per heavy atom. The van der Waals surface area contributed by atoms with Crippen LogP contribution < -0.4 is 15.0 Å². The minimum Gasteiger partial charge on any atom is -0.496 e. The van der Waals surface area contributed by atoms with Crippen molar-refractivity contribution in [3.05, 3.63) is 59.7 Å². The molecule has 0 radical (unpaired) electrons. The Labute approximate surface area is 169 Å². The molecule has 0 bridgehead atoms. The van der Waals surface area contributed by atoms with Crippen molar-refractivity contribution in [1.82, 2.24) is 10.2 Å². The van der Waals surface area contributed by atoms with Gasteiger partial charge in [-0.15, -0.1) is 0 Å². The highest BCUT2D eigenvalue weighted by atomic mass is 16.5. The summed E-state index contributed by atoms with van der Waals surface area (Å²) in [6, 6.07) is 17.8. The summed E-state index contributed by atoms with van der Waals surface area (Å²) >= 11 is 0. The molecule has 1 aliphatic carbocycles. The molecule has 1 heterocycles. The van der Waals surface area contributed by atoms with E-state index in [9.17, 15) is 0 Å². The lowest BCUT2D eigenvalue weighted by Crippen LogP contribution is -2.47. The number of nitrogens with one attached hydrogen (secondary N) is 1. The van der Waals surface area contributed by atoms with Gasteiger partial charge in [-0.05, 0) is 68.1 Å². The second kappa shape index (κ2) is 9.44. The molecule has 0 amide bonds. The van der Waals surface area contributed by atoms with E-state index >= 15 is 0 Å². The highest BCUT2D eigenvalue weighted by Crippen LogP contribution is 2.35. The smallest absolute Gasteiger partial charge is 0.122 e. The Bertz CT molecular complexity index is 741. The summed E-state index contributed by atoms with van der Waals surface area (Å²) in [6.45, 7) is 6.87. The number of benzene rings is 2. The van der Waals surface area contributed by atoms with E-state index in [-0.39, 0.29) is 0 Å². The first-order valence-electron chi connectivity index (χ1n) is 10.8. The van der Waals surface area contributed by atoms with Gasteiger partial charge in [-0.3, -0.25) is 4.90 Å². The van der Waals surface area contributed by atoms with Gasteiger partial charge in [-0.1, -0.05) is 30.3 Å². The number of piperazine rings is 1. The molecule has 1 saturated heterocycles. The summed E-state index contributed by atoms with van der Waals surface area (Å²) in [7, 11) is 1.78. The van der Waals surface area contributed by atoms with Crippen LogP contribution in [0.4, 0.5) is 5.69 Å². The van der Waals surface area contributed by atoms with E-state index in [0.29, 0.717) is 6.04 Å². The van der Waals surface area contributed by atoms with Crippen LogP contribution in [0.15, 0.2) is 48.5 Å². The van der Waals surface area contributed by atoms with Gasteiger partial charge in [-0.25, -0.2) is 0 Å². The van der Waals surface area contributed by atoms with Crippen LogP contribution >= 0.6 is 0 Å².